The summed E-state index contributed by atoms with van der Waals surface area (Å²) < 4.78 is 10.3. The molecule has 2 aromatic heterocycles. The minimum atomic E-state index is -0.503. The maximum Gasteiger partial charge on any atom is 0.342 e. The third-order valence-electron chi connectivity index (χ3n) is 3.80. The number of hydrogen-bond acceptors (Lipinski definition) is 8. The van der Waals surface area contributed by atoms with Crippen LogP contribution in [0, 0.1) is 0 Å². The van der Waals surface area contributed by atoms with Gasteiger partial charge in [-0.15, -0.1) is 10.2 Å². The summed E-state index contributed by atoms with van der Waals surface area (Å²) in [5.41, 5.74) is 1.70. The molecule has 0 unspecified atom stereocenters. The van der Waals surface area contributed by atoms with Gasteiger partial charge in [0.25, 0.3) is 5.91 Å². The zero-order chi connectivity index (χ0) is 20.1. The van der Waals surface area contributed by atoms with Gasteiger partial charge in [-0.25, -0.2) is 4.79 Å². The topological polar surface area (TPSA) is 119 Å². The van der Waals surface area contributed by atoms with Crippen LogP contribution in [0.1, 0.15) is 50.6 Å². The van der Waals surface area contributed by atoms with Gasteiger partial charge < -0.3 is 14.8 Å². The first-order valence-electron chi connectivity index (χ1n) is 8.46. The molecule has 0 spiro atoms. The van der Waals surface area contributed by atoms with Gasteiger partial charge in [-0.05, 0) is 30.2 Å². The molecule has 0 aliphatic carbocycles. The molecule has 2 N–H and O–H groups in total. The highest BCUT2D eigenvalue weighted by Crippen LogP contribution is 2.19. The van der Waals surface area contributed by atoms with E-state index in [0.29, 0.717) is 27.7 Å². The van der Waals surface area contributed by atoms with Gasteiger partial charge in [-0.3, -0.25) is 9.89 Å². The second-order valence-electron chi connectivity index (χ2n) is 6.11. The van der Waals surface area contributed by atoms with Crippen LogP contribution in [0.5, 0.6) is 5.75 Å². The van der Waals surface area contributed by atoms with Crippen LogP contribution >= 0.6 is 11.3 Å². The van der Waals surface area contributed by atoms with E-state index >= 15 is 0 Å². The fraction of sp³-hybridized carbons (Fsp3) is 0.278. The molecular weight excluding hydrogens is 382 g/mol. The molecule has 2 heterocycles. The van der Waals surface area contributed by atoms with Crippen LogP contribution in [0.4, 0.5) is 5.69 Å². The van der Waals surface area contributed by atoms with E-state index < -0.39 is 11.9 Å². The number of esters is 1. The quantitative estimate of drug-likeness (QED) is 0.584. The summed E-state index contributed by atoms with van der Waals surface area (Å²) >= 11 is 1.06. The molecule has 1 aromatic carbocycles. The number of carbonyl (C=O) groups is 2. The number of carbonyl (C=O) groups excluding carboxylic acids is 2. The van der Waals surface area contributed by atoms with Gasteiger partial charge in [0.05, 0.1) is 19.0 Å². The maximum absolute atomic E-state index is 12.3. The molecule has 0 radical (unpaired) electrons. The first-order chi connectivity index (χ1) is 13.5. The summed E-state index contributed by atoms with van der Waals surface area (Å²) in [5, 5.41) is 17.8. The van der Waals surface area contributed by atoms with E-state index in [1.807, 2.05) is 13.8 Å². The number of anilines is 1. The molecule has 9 nitrogen and oxygen atoms in total. The molecule has 3 aromatic rings. The van der Waals surface area contributed by atoms with Crippen molar-refractivity contribution in [2.75, 3.05) is 12.4 Å². The number of ether oxygens (including phenoxy) is 2. The lowest BCUT2D eigenvalue weighted by atomic mass is 10.1. The monoisotopic (exact) mass is 401 g/mol. The molecule has 3 rings (SSSR count). The number of benzene rings is 1. The van der Waals surface area contributed by atoms with Crippen LogP contribution in [-0.2, 0) is 11.3 Å². The molecule has 146 valence electrons. The molecule has 1 amide bonds. The molecule has 0 saturated heterocycles. The number of H-pyrrole nitrogens is 1. The van der Waals surface area contributed by atoms with Crippen molar-refractivity contribution in [3.63, 3.8) is 0 Å². The number of hydrogen-bond donors (Lipinski definition) is 2. The van der Waals surface area contributed by atoms with Crippen LogP contribution in [0.25, 0.3) is 0 Å². The van der Waals surface area contributed by atoms with Crippen LogP contribution < -0.4 is 10.1 Å². The standard InChI is InChI=1S/C18H19N5O4S/c1-10(2)15-13(8-19-22-15)18(25)27-9-14-21-23-17(28-14)16(24)20-11-4-6-12(26-3)7-5-11/h4-8,10H,9H2,1-3H3,(H,19,22)(H,20,24). The van der Waals surface area contributed by atoms with Gasteiger partial charge in [0.15, 0.2) is 5.01 Å². The van der Waals surface area contributed by atoms with E-state index in [4.69, 9.17) is 9.47 Å². The third-order valence-corrected chi connectivity index (χ3v) is 4.70. The summed E-state index contributed by atoms with van der Waals surface area (Å²) in [6, 6.07) is 6.92. The van der Waals surface area contributed by atoms with E-state index in [0.717, 1.165) is 11.3 Å². The predicted octanol–water partition coefficient (Wildman–Crippen LogP) is 3.00. The van der Waals surface area contributed by atoms with Crippen molar-refractivity contribution in [3.05, 3.63) is 51.7 Å². The zero-order valence-corrected chi connectivity index (χ0v) is 16.4. The van der Waals surface area contributed by atoms with Crippen LogP contribution in [0.3, 0.4) is 0 Å². The van der Waals surface area contributed by atoms with Crippen molar-refractivity contribution in [2.24, 2.45) is 0 Å². The number of nitrogens with one attached hydrogen (secondary N) is 2. The molecule has 0 aliphatic heterocycles. The van der Waals surface area contributed by atoms with Gasteiger partial charge in [-0.2, -0.15) is 5.10 Å². The normalized spacial score (nSPS) is 10.7. The molecule has 0 aliphatic rings. The fourth-order valence-corrected chi connectivity index (χ4v) is 3.01. The zero-order valence-electron chi connectivity index (χ0n) is 15.6. The van der Waals surface area contributed by atoms with E-state index in [1.165, 1.54) is 6.20 Å². The minimum Gasteiger partial charge on any atom is -0.497 e. The van der Waals surface area contributed by atoms with Crippen molar-refractivity contribution in [2.45, 2.75) is 26.4 Å². The van der Waals surface area contributed by atoms with Crippen molar-refractivity contribution < 1.29 is 19.1 Å². The predicted molar refractivity (Wildman–Crippen MR) is 103 cm³/mol. The Morgan fingerprint density at radius 2 is 1.96 bits per heavy atom. The van der Waals surface area contributed by atoms with Gasteiger partial charge in [-0.1, -0.05) is 25.2 Å². The highest BCUT2D eigenvalue weighted by atomic mass is 32.1. The van der Waals surface area contributed by atoms with E-state index in [9.17, 15) is 9.59 Å². The average molecular weight is 401 g/mol. The lowest BCUT2D eigenvalue weighted by Crippen LogP contribution is -2.11. The van der Waals surface area contributed by atoms with Crippen LogP contribution in [0.2, 0.25) is 0 Å². The van der Waals surface area contributed by atoms with Crippen LogP contribution in [-0.4, -0.2) is 39.4 Å². The molecule has 10 heteroatoms. The lowest BCUT2D eigenvalue weighted by Gasteiger charge is -2.05. The Hall–Kier alpha value is -3.27. The molecule has 0 fully saturated rings. The summed E-state index contributed by atoms with van der Waals surface area (Å²) in [6.45, 7) is 3.82. The SMILES string of the molecule is COc1ccc(NC(=O)c2nnc(COC(=O)c3cn[nH]c3C(C)C)s2)cc1. The number of amides is 1. The summed E-state index contributed by atoms with van der Waals surface area (Å²) in [5.74, 6) is -0.0925. The minimum absolute atomic E-state index is 0.0744. The summed E-state index contributed by atoms with van der Waals surface area (Å²) in [4.78, 5) is 24.5. The Morgan fingerprint density at radius 3 is 2.64 bits per heavy atom. The lowest BCUT2D eigenvalue weighted by molar-refractivity contribution is 0.0470. The Morgan fingerprint density at radius 1 is 1.21 bits per heavy atom. The highest BCUT2D eigenvalue weighted by Gasteiger charge is 2.19. The van der Waals surface area contributed by atoms with Crippen LogP contribution in [0.15, 0.2) is 30.5 Å². The van der Waals surface area contributed by atoms with E-state index in [2.05, 4.69) is 25.7 Å². The summed E-state index contributed by atoms with van der Waals surface area (Å²) in [6.07, 6.45) is 1.44. The second kappa shape index (κ2) is 8.61. The molecule has 28 heavy (non-hydrogen) atoms. The Labute approximate surface area is 165 Å². The molecule has 0 bridgehead atoms. The van der Waals surface area contributed by atoms with Gasteiger partial charge in [0.2, 0.25) is 5.01 Å². The van der Waals surface area contributed by atoms with Crippen molar-refractivity contribution in [1.29, 1.82) is 0 Å². The molecule has 0 saturated carbocycles. The maximum atomic E-state index is 12.3. The van der Waals surface area contributed by atoms with E-state index in [-0.39, 0.29) is 17.5 Å². The smallest absolute Gasteiger partial charge is 0.342 e. The van der Waals surface area contributed by atoms with Crippen molar-refractivity contribution >= 4 is 28.9 Å². The van der Waals surface area contributed by atoms with Gasteiger partial charge in [0.1, 0.15) is 17.9 Å². The molecular formula is C18H19N5O4S. The largest absolute Gasteiger partial charge is 0.497 e. The first kappa shape index (κ1) is 19.5. The Balaban J connectivity index is 1.58. The van der Waals surface area contributed by atoms with Crippen molar-refractivity contribution in [1.82, 2.24) is 20.4 Å². The fourth-order valence-electron chi connectivity index (χ4n) is 2.37. The summed E-state index contributed by atoms with van der Waals surface area (Å²) in [7, 11) is 1.57. The van der Waals surface area contributed by atoms with Gasteiger partial charge in [0, 0.05) is 5.69 Å². The number of rotatable bonds is 7. The van der Waals surface area contributed by atoms with E-state index in [1.54, 1.807) is 31.4 Å². The number of nitrogens with zero attached hydrogens (tertiary/aromatic N) is 3. The van der Waals surface area contributed by atoms with Crippen molar-refractivity contribution in [3.8, 4) is 5.75 Å². The number of methoxy groups -OCH3 is 1. The Bertz CT molecular complexity index is 965. The first-order valence-corrected chi connectivity index (χ1v) is 9.27. The number of aromatic amines is 1. The second-order valence-corrected chi connectivity index (χ2v) is 7.17. The molecule has 0 atom stereocenters. The Kier molecular flexibility index (Phi) is 5.99. The highest BCUT2D eigenvalue weighted by molar-refractivity contribution is 7.13. The number of aromatic nitrogens is 4. The van der Waals surface area contributed by atoms with Gasteiger partial charge >= 0.3 is 5.97 Å². The average Bonchev–Trinajstić information content (AvgIpc) is 3.36. The third kappa shape index (κ3) is 4.52.